The molecular formula is C14H22N2O3. The molecule has 1 aromatic carbocycles. The van der Waals surface area contributed by atoms with Crippen LogP contribution in [0.5, 0.6) is 11.5 Å². The van der Waals surface area contributed by atoms with Crippen LogP contribution in [0.4, 0.5) is 0 Å². The second-order valence-corrected chi connectivity index (χ2v) is 4.44. The van der Waals surface area contributed by atoms with E-state index in [-0.39, 0.29) is 11.9 Å². The number of benzene rings is 1. The van der Waals surface area contributed by atoms with Crippen molar-refractivity contribution in [3.63, 3.8) is 0 Å². The molecule has 0 fully saturated rings. The first-order valence-corrected chi connectivity index (χ1v) is 6.32. The molecule has 0 aliphatic heterocycles. The highest BCUT2D eigenvalue weighted by molar-refractivity contribution is 5.75. The van der Waals surface area contributed by atoms with Gasteiger partial charge in [-0.2, -0.15) is 0 Å². The molecule has 3 N–H and O–H groups in total. The molecule has 1 aromatic rings. The molecule has 0 aromatic heterocycles. The number of carbonyl (C=O) groups excluding carboxylic acids is 1. The Morgan fingerprint density at radius 1 is 1.42 bits per heavy atom. The quantitative estimate of drug-likeness (QED) is 0.775. The van der Waals surface area contributed by atoms with Gasteiger partial charge in [0.05, 0.1) is 20.1 Å². The maximum atomic E-state index is 11.1. The van der Waals surface area contributed by atoms with Crippen LogP contribution in [0.3, 0.4) is 0 Å². The smallest absolute Gasteiger partial charge is 0.223 e. The zero-order valence-electron chi connectivity index (χ0n) is 11.7. The Bertz CT molecular complexity index is 419. The van der Waals surface area contributed by atoms with Gasteiger partial charge in [-0.05, 0) is 31.0 Å². The maximum absolute atomic E-state index is 11.1. The zero-order valence-corrected chi connectivity index (χ0v) is 11.7. The fourth-order valence-electron chi connectivity index (χ4n) is 1.71. The summed E-state index contributed by atoms with van der Waals surface area (Å²) in [5, 5.41) is 2.55. The number of nitrogens with one attached hydrogen (secondary N) is 1. The highest BCUT2D eigenvalue weighted by Gasteiger charge is 2.08. The molecule has 0 aliphatic carbocycles. The van der Waals surface area contributed by atoms with E-state index in [0.717, 1.165) is 12.0 Å². The first-order chi connectivity index (χ1) is 9.06. The van der Waals surface area contributed by atoms with E-state index < -0.39 is 0 Å². The topological polar surface area (TPSA) is 73.6 Å². The molecule has 0 bridgehead atoms. The number of hydrogen-bond donors (Lipinski definition) is 2. The number of amides is 1. The Kier molecular flexibility index (Phi) is 6.15. The minimum atomic E-state index is -0.0486. The zero-order chi connectivity index (χ0) is 14.3. The third-order valence-corrected chi connectivity index (χ3v) is 2.65. The lowest BCUT2D eigenvalue weighted by molar-refractivity contribution is -0.121. The lowest BCUT2D eigenvalue weighted by Gasteiger charge is -2.13. The molecule has 1 amide bonds. The van der Waals surface area contributed by atoms with Gasteiger partial charge >= 0.3 is 0 Å². The molecule has 0 aliphatic rings. The lowest BCUT2D eigenvalue weighted by atomic mass is 10.1. The molecule has 0 heterocycles. The van der Waals surface area contributed by atoms with Gasteiger partial charge in [-0.3, -0.25) is 4.79 Å². The van der Waals surface area contributed by atoms with Gasteiger partial charge in [0, 0.05) is 13.1 Å². The van der Waals surface area contributed by atoms with Crippen LogP contribution in [0.15, 0.2) is 18.2 Å². The van der Waals surface area contributed by atoms with Gasteiger partial charge in [0.1, 0.15) is 0 Å². The largest absolute Gasteiger partial charge is 0.493 e. The Hall–Kier alpha value is -1.75. The van der Waals surface area contributed by atoms with Gasteiger partial charge in [-0.1, -0.05) is 6.07 Å². The van der Waals surface area contributed by atoms with Crippen LogP contribution in [0, 0.1) is 0 Å². The Labute approximate surface area is 114 Å². The van der Waals surface area contributed by atoms with Crippen molar-refractivity contribution in [3.8, 4) is 11.5 Å². The summed E-state index contributed by atoms with van der Waals surface area (Å²) in [6.07, 6.45) is 1.11. The van der Waals surface area contributed by atoms with E-state index >= 15 is 0 Å². The number of ether oxygens (including phenoxy) is 2. The number of methoxy groups -OCH3 is 1. The second-order valence-electron chi connectivity index (χ2n) is 4.44. The maximum Gasteiger partial charge on any atom is 0.223 e. The monoisotopic (exact) mass is 266 g/mol. The predicted molar refractivity (Wildman–Crippen MR) is 74.5 cm³/mol. The third kappa shape index (κ3) is 5.18. The standard InChI is InChI=1S/C14H22N2O3/c1-10(15)8-11-4-5-12(13(9-11)18-3)19-7-6-14(17)16-2/h4-5,9-10H,6-8,15H2,1-3H3,(H,16,17). The SMILES string of the molecule is CNC(=O)CCOc1ccc(CC(C)N)cc1OC. The Balaban J connectivity index is 2.65. The molecule has 5 nitrogen and oxygen atoms in total. The van der Waals surface area contributed by atoms with Crippen molar-refractivity contribution < 1.29 is 14.3 Å². The molecule has 0 saturated carbocycles. The molecule has 1 rings (SSSR count). The minimum Gasteiger partial charge on any atom is -0.493 e. The molecule has 0 radical (unpaired) electrons. The van der Waals surface area contributed by atoms with Crippen LogP contribution in [-0.2, 0) is 11.2 Å². The summed E-state index contributed by atoms with van der Waals surface area (Å²) in [7, 11) is 3.20. The number of nitrogens with two attached hydrogens (primary N) is 1. The molecular weight excluding hydrogens is 244 g/mol. The van der Waals surface area contributed by atoms with Crippen molar-refractivity contribution in [1.29, 1.82) is 0 Å². The van der Waals surface area contributed by atoms with Crippen LogP contribution in [0.2, 0.25) is 0 Å². The van der Waals surface area contributed by atoms with E-state index in [9.17, 15) is 4.79 Å². The summed E-state index contributed by atoms with van der Waals surface area (Å²) < 4.78 is 10.8. The van der Waals surface area contributed by atoms with E-state index in [4.69, 9.17) is 15.2 Å². The summed E-state index contributed by atoms with van der Waals surface area (Å²) >= 11 is 0. The van der Waals surface area contributed by atoms with Crippen molar-refractivity contribution >= 4 is 5.91 Å². The molecule has 5 heteroatoms. The Morgan fingerprint density at radius 3 is 2.74 bits per heavy atom. The summed E-state index contributed by atoms with van der Waals surface area (Å²) in [5.41, 5.74) is 6.87. The van der Waals surface area contributed by atoms with Gasteiger partial charge < -0.3 is 20.5 Å². The highest BCUT2D eigenvalue weighted by atomic mass is 16.5. The first kappa shape index (κ1) is 15.3. The lowest BCUT2D eigenvalue weighted by Crippen LogP contribution is -2.20. The normalized spacial score (nSPS) is 11.8. The van der Waals surface area contributed by atoms with E-state index in [1.54, 1.807) is 14.2 Å². The van der Waals surface area contributed by atoms with Crippen LogP contribution in [0.1, 0.15) is 18.9 Å². The molecule has 0 spiro atoms. The first-order valence-electron chi connectivity index (χ1n) is 6.32. The van der Waals surface area contributed by atoms with Gasteiger partial charge in [-0.15, -0.1) is 0 Å². The average Bonchev–Trinajstić information content (AvgIpc) is 2.39. The second kappa shape index (κ2) is 7.63. The third-order valence-electron chi connectivity index (χ3n) is 2.65. The fourth-order valence-corrected chi connectivity index (χ4v) is 1.71. The average molecular weight is 266 g/mol. The van der Waals surface area contributed by atoms with E-state index in [1.165, 1.54) is 0 Å². The summed E-state index contributed by atoms with van der Waals surface area (Å²) in [4.78, 5) is 11.1. The van der Waals surface area contributed by atoms with Crippen LogP contribution in [-0.4, -0.2) is 32.7 Å². The number of hydrogen-bond acceptors (Lipinski definition) is 4. The molecule has 1 atom stereocenters. The molecule has 106 valence electrons. The van der Waals surface area contributed by atoms with Gasteiger partial charge in [0.15, 0.2) is 11.5 Å². The van der Waals surface area contributed by atoms with Crippen LogP contribution in [0.25, 0.3) is 0 Å². The van der Waals surface area contributed by atoms with Crippen molar-refractivity contribution in [3.05, 3.63) is 23.8 Å². The predicted octanol–water partition coefficient (Wildman–Crippen LogP) is 1.10. The highest BCUT2D eigenvalue weighted by Crippen LogP contribution is 2.28. The summed E-state index contributed by atoms with van der Waals surface area (Å²) in [6.45, 7) is 2.28. The van der Waals surface area contributed by atoms with Gasteiger partial charge in [0.2, 0.25) is 5.91 Å². The minimum absolute atomic E-state index is 0.0486. The molecule has 19 heavy (non-hydrogen) atoms. The van der Waals surface area contributed by atoms with Crippen molar-refractivity contribution in [1.82, 2.24) is 5.32 Å². The number of rotatable bonds is 7. The van der Waals surface area contributed by atoms with Gasteiger partial charge in [-0.25, -0.2) is 0 Å². The molecule has 1 unspecified atom stereocenters. The Morgan fingerprint density at radius 2 is 2.16 bits per heavy atom. The summed E-state index contributed by atoms with van der Waals surface area (Å²) in [5.74, 6) is 1.25. The summed E-state index contributed by atoms with van der Waals surface area (Å²) in [6, 6.07) is 5.82. The molecule has 0 saturated heterocycles. The fraction of sp³-hybridized carbons (Fsp3) is 0.500. The van der Waals surface area contributed by atoms with Crippen molar-refractivity contribution in [2.24, 2.45) is 5.73 Å². The van der Waals surface area contributed by atoms with E-state index in [2.05, 4.69) is 5.32 Å². The van der Waals surface area contributed by atoms with Crippen molar-refractivity contribution in [2.75, 3.05) is 20.8 Å². The number of carbonyl (C=O) groups is 1. The van der Waals surface area contributed by atoms with E-state index in [1.807, 2.05) is 25.1 Å². The van der Waals surface area contributed by atoms with Crippen LogP contribution >= 0.6 is 0 Å². The van der Waals surface area contributed by atoms with Crippen LogP contribution < -0.4 is 20.5 Å². The van der Waals surface area contributed by atoms with Crippen molar-refractivity contribution in [2.45, 2.75) is 25.8 Å². The van der Waals surface area contributed by atoms with Gasteiger partial charge in [0.25, 0.3) is 0 Å². The van der Waals surface area contributed by atoms with E-state index in [0.29, 0.717) is 24.5 Å².